The number of aromatic nitrogens is 4. The lowest BCUT2D eigenvalue weighted by Gasteiger charge is -2.24. The van der Waals surface area contributed by atoms with Crippen molar-refractivity contribution >= 4 is 0 Å². The van der Waals surface area contributed by atoms with Gasteiger partial charge in [-0.15, -0.1) is 5.10 Å². The zero-order valence-electron chi connectivity index (χ0n) is 11.7. The third kappa shape index (κ3) is 3.32. The molecule has 1 saturated carbocycles. The quantitative estimate of drug-likeness (QED) is 0.904. The van der Waals surface area contributed by atoms with Gasteiger partial charge in [-0.1, -0.05) is 32.1 Å². The fourth-order valence-corrected chi connectivity index (χ4v) is 3.52. The Bertz CT molecular complexity index is 377. The zero-order chi connectivity index (χ0) is 12.9. The van der Waals surface area contributed by atoms with Crippen molar-refractivity contribution in [3.63, 3.8) is 0 Å². The van der Waals surface area contributed by atoms with Crippen molar-refractivity contribution < 1.29 is 0 Å². The topological polar surface area (TPSA) is 55.6 Å². The van der Waals surface area contributed by atoms with Gasteiger partial charge in [-0.25, -0.2) is 4.68 Å². The standard InChI is InChI=1S/C14H25N5/c1-2-4-12(5-3-1)6-7-14-16-17-18-19(14)13-8-10-15-11-9-13/h12-13,15H,1-11H2. The van der Waals surface area contributed by atoms with E-state index in [1.165, 1.54) is 38.5 Å². The first kappa shape index (κ1) is 13.0. The normalized spacial score (nSPS) is 22.7. The van der Waals surface area contributed by atoms with E-state index in [0.29, 0.717) is 6.04 Å². The van der Waals surface area contributed by atoms with E-state index < -0.39 is 0 Å². The molecule has 0 amide bonds. The molecule has 0 atom stereocenters. The smallest absolute Gasteiger partial charge is 0.151 e. The first-order valence-corrected chi connectivity index (χ1v) is 7.91. The van der Waals surface area contributed by atoms with Crippen LogP contribution in [0.1, 0.15) is 63.2 Å². The minimum Gasteiger partial charge on any atom is -0.317 e. The summed E-state index contributed by atoms with van der Waals surface area (Å²) in [6.45, 7) is 2.18. The van der Waals surface area contributed by atoms with Crippen LogP contribution >= 0.6 is 0 Å². The van der Waals surface area contributed by atoms with Crippen LogP contribution in [-0.2, 0) is 6.42 Å². The van der Waals surface area contributed by atoms with Crippen molar-refractivity contribution in [2.24, 2.45) is 5.92 Å². The van der Waals surface area contributed by atoms with Crippen LogP contribution in [0.15, 0.2) is 0 Å². The maximum absolute atomic E-state index is 4.26. The lowest BCUT2D eigenvalue weighted by Crippen LogP contribution is -2.30. The highest BCUT2D eigenvalue weighted by molar-refractivity contribution is 4.87. The molecular formula is C14H25N5. The molecule has 3 rings (SSSR count). The Hall–Kier alpha value is -0.970. The van der Waals surface area contributed by atoms with Gasteiger partial charge in [0.2, 0.25) is 0 Å². The highest BCUT2D eigenvalue weighted by Crippen LogP contribution is 2.27. The molecule has 0 spiro atoms. The van der Waals surface area contributed by atoms with E-state index in [4.69, 9.17) is 0 Å². The van der Waals surface area contributed by atoms with Crippen LogP contribution in [-0.4, -0.2) is 33.3 Å². The average molecular weight is 263 g/mol. The SMILES string of the molecule is C1CCC(CCc2nnnn2C2CCNCC2)CC1. The maximum Gasteiger partial charge on any atom is 0.151 e. The molecular weight excluding hydrogens is 238 g/mol. The van der Waals surface area contributed by atoms with Gasteiger partial charge < -0.3 is 5.32 Å². The van der Waals surface area contributed by atoms with Crippen LogP contribution in [0.3, 0.4) is 0 Å². The molecule has 5 heteroatoms. The highest BCUT2D eigenvalue weighted by Gasteiger charge is 2.21. The largest absolute Gasteiger partial charge is 0.317 e. The molecule has 2 fully saturated rings. The van der Waals surface area contributed by atoms with Gasteiger partial charge in [-0.3, -0.25) is 0 Å². The Morgan fingerprint density at radius 2 is 1.84 bits per heavy atom. The summed E-state index contributed by atoms with van der Waals surface area (Å²) in [5.41, 5.74) is 0. The summed E-state index contributed by atoms with van der Waals surface area (Å²) in [7, 11) is 0. The first-order chi connectivity index (χ1) is 9.43. The molecule has 1 aromatic heterocycles. The van der Waals surface area contributed by atoms with Crippen LogP contribution in [0.4, 0.5) is 0 Å². The summed E-state index contributed by atoms with van der Waals surface area (Å²) in [6.07, 6.45) is 11.7. The van der Waals surface area contributed by atoms with E-state index in [-0.39, 0.29) is 0 Å². The molecule has 2 heterocycles. The fraction of sp³-hybridized carbons (Fsp3) is 0.929. The van der Waals surface area contributed by atoms with Gasteiger partial charge >= 0.3 is 0 Å². The Morgan fingerprint density at radius 3 is 2.63 bits per heavy atom. The van der Waals surface area contributed by atoms with E-state index in [0.717, 1.165) is 44.1 Å². The van der Waals surface area contributed by atoms with Crippen molar-refractivity contribution in [1.82, 2.24) is 25.5 Å². The van der Waals surface area contributed by atoms with Gasteiger partial charge in [0, 0.05) is 6.42 Å². The van der Waals surface area contributed by atoms with Crippen molar-refractivity contribution in [3.05, 3.63) is 5.82 Å². The number of hydrogen-bond donors (Lipinski definition) is 1. The second kappa shape index (κ2) is 6.46. The second-order valence-electron chi connectivity index (χ2n) is 6.06. The minimum atomic E-state index is 0.512. The monoisotopic (exact) mass is 263 g/mol. The molecule has 0 aromatic carbocycles. The Morgan fingerprint density at radius 1 is 1.05 bits per heavy atom. The minimum absolute atomic E-state index is 0.512. The molecule has 0 unspecified atom stereocenters. The molecule has 1 aliphatic carbocycles. The van der Waals surface area contributed by atoms with Crippen LogP contribution in [0, 0.1) is 5.92 Å². The summed E-state index contributed by atoms with van der Waals surface area (Å²) >= 11 is 0. The third-order valence-electron chi connectivity index (χ3n) is 4.72. The average Bonchev–Trinajstić information content (AvgIpc) is 2.95. The zero-order valence-corrected chi connectivity index (χ0v) is 11.7. The summed E-state index contributed by atoms with van der Waals surface area (Å²) < 4.78 is 2.10. The predicted molar refractivity (Wildman–Crippen MR) is 73.9 cm³/mol. The molecule has 5 nitrogen and oxygen atoms in total. The molecule has 1 aromatic rings. The molecule has 0 radical (unpaired) electrons. The number of piperidine rings is 1. The number of nitrogens with zero attached hydrogens (tertiary/aromatic N) is 4. The lowest BCUT2D eigenvalue weighted by molar-refractivity contribution is 0.313. The van der Waals surface area contributed by atoms with E-state index in [9.17, 15) is 0 Å². The van der Waals surface area contributed by atoms with Crippen LogP contribution < -0.4 is 5.32 Å². The molecule has 1 N–H and O–H groups in total. The number of tetrazole rings is 1. The van der Waals surface area contributed by atoms with Gasteiger partial charge in [0.05, 0.1) is 6.04 Å². The van der Waals surface area contributed by atoms with E-state index in [1.54, 1.807) is 0 Å². The van der Waals surface area contributed by atoms with E-state index in [2.05, 4.69) is 25.5 Å². The van der Waals surface area contributed by atoms with Gasteiger partial charge in [-0.2, -0.15) is 0 Å². The third-order valence-corrected chi connectivity index (χ3v) is 4.72. The van der Waals surface area contributed by atoms with Crippen LogP contribution in [0.25, 0.3) is 0 Å². The number of aryl methyl sites for hydroxylation is 1. The first-order valence-electron chi connectivity index (χ1n) is 7.91. The molecule has 19 heavy (non-hydrogen) atoms. The van der Waals surface area contributed by atoms with Crippen LogP contribution in [0.5, 0.6) is 0 Å². The Labute approximate surface area is 115 Å². The summed E-state index contributed by atoms with van der Waals surface area (Å²) in [5.74, 6) is 2.02. The van der Waals surface area contributed by atoms with Gasteiger partial charge in [0.25, 0.3) is 0 Å². The van der Waals surface area contributed by atoms with Crippen molar-refractivity contribution in [2.75, 3.05) is 13.1 Å². The molecule has 1 aliphatic heterocycles. The molecule has 0 bridgehead atoms. The fourth-order valence-electron chi connectivity index (χ4n) is 3.52. The second-order valence-corrected chi connectivity index (χ2v) is 6.06. The lowest BCUT2D eigenvalue weighted by atomic mass is 9.86. The maximum atomic E-state index is 4.26. The van der Waals surface area contributed by atoms with Crippen molar-refractivity contribution in [1.29, 1.82) is 0 Å². The van der Waals surface area contributed by atoms with Gasteiger partial charge in [0.15, 0.2) is 5.82 Å². The molecule has 1 saturated heterocycles. The highest BCUT2D eigenvalue weighted by atomic mass is 15.5. The molecule has 2 aliphatic rings. The predicted octanol–water partition coefficient (Wildman–Crippen LogP) is 2.11. The van der Waals surface area contributed by atoms with Crippen molar-refractivity contribution in [2.45, 2.75) is 63.8 Å². The number of nitrogens with one attached hydrogen (secondary N) is 1. The van der Waals surface area contributed by atoms with E-state index >= 15 is 0 Å². The summed E-state index contributed by atoms with van der Waals surface area (Å²) in [6, 6.07) is 0.512. The summed E-state index contributed by atoms with van der Waals surface area (Å²) in [5, 5.41) is 15.8. The van der Waals surface area contributed by atoms with Gasteiger partial charge in [0.1, 0.15) is 0 Å². The van der Waals surface area contributed by atoms with Crippen molar-refractivity contribution in [3.8, 4) is 0 Å². The number of hydrogen-bond acceptors (Lipinski definition) is 4. The van der Waals surface area contributed by atoms with Gasteiger partial charge in [-0.05, 0) is 48.7 Å². The Balaban J connectivity index is 1.56. The summed E-state index contributed by atoms with van der Waals surface area (Å²) in [4.78, 5) is 0. The molecule has 106 valence electrons. The van der Waals surface area contributed by atoms with E-state index in [1.807, 2.05) is 0 Å². The van der Waals surface area contributed by atoms with Crippen LogP contribution in [0.2, 0.25) is 0 Å². The number of rotatable bonds is 4. The Kier molecular flexibility index (Phi) is 4.43.